The lowest BCUT2D eigenvalue weighted by molar-refractivity contribution is 0.556. The lowest BCUT2D eigenvalue weighted by Crippen LogP contribution is -2.30. The smallest absolute Gasteiger partial charge is 0.208 e. The number of rotatable bonds is 3. The molecule has 3 nitrogen and oxygen atoms in total. The van der Waals surface area contributed by atoms with Gasteiger partial charge in [0.1, 0.15) is 0 Å². The SMILES string of the molecule is CC(C)NS(=O)(=O)c1sccc1F. The van der Waals surface area contributed by atoms with Gasteiger partial charge in [0.2, 0.25) is 0 Å². The van der Waals surface area contributed by atoms with E-state index >= 15 is 0 Å². The molecule has 0 bridgehead atoms. The van der Waals surface area contributed by atoms with Gasteiger partial charge in [-0.1, -0.05) is 0 Å². The molecule has 1 N–H and O–H groups in total. The summed E-state index contributed by atoms with van der Waals surface area (Å²) >= 11 is 0.873. The molecule has 74 valence electrons. The van der Waals surface area contributed by atoms with Gasteiger partial charge in [-0.25, -0.2) is 17.5 Å². The Morgan fingerprint density at radius 1 is 1.54 bits per heavy atom. The lowest BCUT2D eigenvalue weighted by atomic mass is 10.4. The summed E-state index contributed by atoms with van der Waals surface area (Å²) in [6, 6.07) is 0.908. The molecule has 0 fully saturated rings. The average Bonchev–Trinajstić information content (AvgIpc) is 2.32. The van der Waals surface area contributed by atoms with Crippen LogP contribution in [0.15, 0.2) is 15.7 Å². The summed E-state index contributed by atoms with van der Waals surface area (Å²) in [7, 11) is -3.65. The Labute approximate surface area is 80.6 Å². The molecule has 1 rings (SSSR count). The highest BCUT2D eigenvalue weighted by Gasteiger charge is 2.20. The predicted molar refractivity (Wildman–Crippen MR) is 49.7 cm³/mol. The van der Waals surface area contributed by atoms with Crippen LogP contribution in [-0.2, 0) is 10.0 Å². The van der Waals surface area contributed by atoms with E-state index in [1.807, 2.05) is 0 Å². The van der Waals surface area contributed by atoms with E-state index < -0.39 is 15.8 Å². The summed E-state index contributed by atoms with van der Waals surface area (Å²) in [5.74, 6) is -0.696. The van der Waals surface area contributed by atoms with Gasteiger partial charge in [0.05, 0.1) is 0 Å². The van der Waals surface area contributed by atoms with Crippen molar-refractivity contribution < 1.29 is 12.8 Å². The molecular weight excluding hydrogens is 213 g/mol. The van der Waals surface area contributed by atoms with Crippen LogP contribution in [0.5, 0.6) is 0 Å². The number of halogens is 1. The third-order valence-corrected chi connectivity index (χ3v) is 4.31. The van der Waals surface area contributed by atoms with Gasteiger partial charge in [-0.15, -0.1) is 11.3 Å². The predicted octanol–water partition coefficient (Wildman–Crippen LogP) is 1.57. The van der Waals surface area contributed by atoms with Crippen LogP contribution in [0.4, 0.5) is 4.39 Å². The molecule has 1 aromatic rings. The third-order valence-electron chi connectivity index (χ3n) is 1.22. The van der Waals surface area contributed by atoms with Gasteiger partial charge in [0.15, 0.2) is 10.0 Å². The topological polar surface area (TPSA) is 46.2 Å². The van der Waals surface area contributed by atoms with Crippen molar-refractivity contribution in [1.82, 2.24) is 4.72 Å². The highest BCUT2D eigenvalue weighted by atomic mass is 32.2. The minimum absolute atomic E-state index is 0.230. The van der Waals surface area contributed by atoms with Crippen molar-refractivity contribution in [3.05, 3.63) is 17.3 Å². The highest BCUT2D eigenvalue weighted by Crippen LogP contribution is 2.20. The molecule has 0 unspecified atom stereocenters. The highest BCUT2D eigenvalue weighted by molar-refractivity contribution is 7.91. The van der Waals surface area contributed by atoms with Gasteiger partial charge in [-0.2, -0.15) is 0 Å². The molecule has 1 heterocycles. The summed E-state index contributed by atoms with van der Waals surface area (Å²) in [6.07, 6.45) is 0. The first kappa shape index (κ1) is 10.6. The number of sulfonamides is 1. The van der Waals surface area contributed by atoms with Gasteiger partial charge in [-0.05, 0) is 25.3 Å². The van der Waals surface area contributed by atoms with E-state index in [0.717, 1.165) is 17.4 Å². The minimum Gasteiger partial charge on any atom is -0.208 e. The lowest BCUT2D eigenvalue weighted by Gasteiger charge is -2.07. The quantitative estimate of drug-likeness (QED) is 0.845. The van der Waals surface area contributed by atoms with Crippen LogP contribution in [0.25, 0.3) is 0 Å². The van der Waals surface area contributed by atoms with Crippen LogP contribution in [0.1, 0.15) is 13.8 Å². The molecule has 0 aliphatic heterocycles. The van der Waals surface area contributed by atoms with Crippen molar-refractivity contribution in [2.75, 3.05) is 0 Å². The first-order valence-corrected chi connectivity index (χ1v) is 6.05. The number of thiophene rings is 1. The molecule has 0 radical (unpaired) electrons. The van der Waals surface area contributed by atoms with Crippen molar-refractivity contribution in [3.8, 4) is 0 Å². The van der Waals surface area contributed by atoms with E-state index in [9.17, 15) is 12.8 Å². The summed E-state index contributed by atoms with van der Waals surface area (Å²) in [5, 5.41) is 1.41. The summed E-state index contributed by atoms with van der Waals surface area (Å²) < 4.78 is 37.7. The molecule has 0 aliphatic carbocycles. The molecule has 0 spiro atoms. The Balaban J connectivity index is 3.02. The molecular formula is C7H10FNO2S2. The fraction of sp³-hybridized carbons (Fsp3) is 0.429. The van der Waals surface area contributed by atoms with Gasteiger partial charge >= 0.3 is 0 Å². The fourth-order valence-corrected chi connectivity index (χ4v) is 3.20. The molecule has 0 amide bonds. The van der Waals surface area contributed by atoms with E-state index in [4.69, 9.17) is 0 Å². The first-order valence-electron chi connectivity index (χ1n) is 3.69. The standard InChI is InChI=1S/C7H10FNO2S2/c1-5(2)9-13(10,11)7-6(8)3-4-12-7/h3-5,9H,1-2H3. The largest absolute Gasteiger partial charge is 0.253 e. The monoisotopic (exact) mass is 223 g/mol. The molecule has 13 heavy (non-hydrogen) atoms. The van der Waals surface area contributed by atoms with Crippen LogP contribution < -0.4 is 4.72 Å². The Morgan fingerprint density at radius 2 is 2.15 bits per heavy atom. The maximum absolute atomic E-state index is 12.9. The number of hydrogen-bond acceptors (Lipinski definition) is 3. The molecule has 0 aliphatic rings. The van der Waals surface area contributed by atoms with Crippen molar-refractivity contribution in [2.24, 2.45) is 0 Å². The van der Waals surface area contributed by atoms with Crippen LogP contribution >= 0.6 is 11.3 Å². The third kappa shape index (κ3) is 2.49. The van der Waals surface area contributed by atoms with Crippen LogP contribution in [-0.4, -0.2) is 14.5 Å². The van der Waals surface area contributed by atoms with Gasteiger partial charge in [0, 0.05) is 6.04 Å². The van der Waals surface area contributed by atoms with Crippen LogP contribution in [0.3, 0.4) is 0 Å². The molecule has 0 saturated heterocycles. The second kappa shape index (κ2) is 3.73. The zero-order valence-electron chi connectivity index (χ0n) is 7.24. The van der Waals surface area contributed by atoms with E-state index in [0.29, 0.717) is 0 Å². The van der Waals surface area contributed by atoms with Crippen molar-refractivity contribution in [1.29, 1.82) is 0 Å². The number of hydrogen-bond donors (Lipinski definition) is 1. The normalized spacial score (nSPS) is 12.3. The summed E-state index contributed by atoms with van der Waals surface area (Å²) in [5.41, 5.74) is 0. The van der Waals surface area contributed by atoms with Gasteiger partial charge in [-0.3, -0.25) is 0 Å². The second-order valence-electron chi connectivity index (χ2n) is 2.83. The minimum atomic E-state index is -3.65. The summed E-state index contributed by atoms with van der Waals surface area (Å²) in [4.78, 5) is 0. The van der Waals surface area contributed by atoms with E-state index in [2.05, 4.69) is 4.72 Å². The van der Waals surface area contributed by atoms with Crippen molar-refractivity contribution in [2.45, 2.75) is 24.1 Å². The Hall–Kier alpha value is -0.460. The molecule has 1 aromatic heterocycles. The maximum atomic E-state index is 12.9. The zero-order valence-corrected chi connectivity index (χ0v) is 8.88. The Kier molecular flexibility index (Phi) is 3.05. The van der Waals surface area contributed by atoms with E-state index in [1.165, 1.54) is 5.38 Å². The average molecular weight is 223 g/mol. The van der Waals surface area contributed by atoms with Crippen LogP contribution in [0.2, 0.25) is 0 Å². The Morgan fingerprint density at radius 3 is 2.54 bits per heavy atom. The van der Waals surface area contributed by atoms with Crippen molar-refractivity contribution in [3.63, 3.8) is 0 Å². The fourth-order valence-electron chi connectivity index (χ4n) is 0.835. The van der Waals surface area contributed by atoms with Crippen LogP contribution in [0, 0.1) is 5.82 Å². The summed E-state index contributed by atoms with van der Waals surface area (Å²) in [6.45, 7) is 3.37. The van der Waals surface area contributed by atoms with Gasteiger partial charge < -0.3 is 0 Å². The molecule has 0 atom stereocenters. The molecule has 0 aromatic carbocycles. The number of nitrogens with one attached hydrogen (secondary N) is 1. The zero-order chi connectivity index (χ0) is 10.1. The maximum Gasteiger partial charge on any atom is 0.253 e. The van der Waals surface area contributed by atoms with Crippen molar-refractivity contribution >= 4 is 21.4 Å². The Bertz CT molecular complexity index is 383. The van der Waals surface area contributed by atoms with E-state index in [-0.39, 0.29) is 10.3 Å². The molecule has 0 saturated carbocycles. The van der Waals surface area contributed by atoms with E-state index in [1.54, 1.807) is 13.8 Å². The molecule has 6 heteroatoms. The first-order chi connectivity index (χ1) is 5.93. The second-order valence-corrected chi connectivity index (χ2v) is 5.66. The van der Waals surface area contributed by atoms with Gasteiger partial charge in [0.25, 0.3) is 10.0 Å².